The smallest absolute Gasteiger partial charge is 0.378 e. The number of para-hydroxylation sites is 2. The second-order valence-electron chi connectivity index (χ2n) is 5.93. The van der Waals surface area contributed by atoms with E-state index in [4.69, 9.17) is 4.74 Å². The molecule has 0 spiro atoms. The Bertz CT molecular complexity index is 1170. The van der Waals surface area contributed by atoms with Crippen LogP contribution in [0.2, 0.25) is 0 Å². The van der Waals surface area contributed by atoms with Crippen LogP contribution >= 0.6 is 0 Å². The van der Waals surface area contributed by atoms with Crippen LogP contribution in [0.15, 0.2) is 30.3 Å². The van der Waals surface area contributed by atoms with Gasteiger partial charge in [0.05, 0.1) is 11.0 Å². The number of aryl methyl sites for hydroxylation is 2. The number of ether oxygens (including phenoxy) is 1. The summed E-state index contributed by atoms with van der Waals surface area (Å²) < 4.78 is 34.1. The van der Waals surface area contributed by atoms with Crippen LogP contribution in [0.25, 0.3) is 16.8 Å². The van der Waals surface area contributed by atoms with Crippen LogP contribution in [0.5, 0.6) is 0 Å². The standard InChI is InChI=1S/C17H14F2N6O2/c1-9-7-10(2)25-17(20-9)22-14(23-25)15(26)27-8-13-21-11-5-3-4-6-12(11)24(13)16(18)19/h3-7,16H,8H2,1-2H3. The molecule has 0 amide bonds. The number of aromatic nitrogens is 6. The molecular formula is C17H14F2N6O2. The Morgan fingerprint density at radius 2 is 1.96 bits per heavy atom. The van der Waals surface area contributed by atoms with Gasteiger partial charge >= 0.3 is 12.5 Å². The first-order chi connectivity index (χ1) is 12.9. The van der Waals surface area contributed by atoms with E-state index >= 15 is 0 Å². The number of rotatable bonds is 4. The molecule has 10 heteroatoms. The quantitative estimate of drug-likeness (QED) is 0.512. The first-order valence-electron chi connectivity index (χ1n) is 8.06. The molecule has 0 bridgehead atoms. The fourth-order valence-corrected chi connectivity index (χ4v) is 2.86. The summed E-state index contributed by atoms with van der Waals surface area (Å²) in [5.41, 5.74) is 2.14. The minimum Gasteiger partial charge on any atom is -0.452 e. The van der Waals surface area contributed by atoms with E-state index in [-0.39, 0.29) is 22.9 Å². The van der Waals surface area contributed by atoms with Crippen molar-refractivity contribution in [3.8, 4) is 0 Å². The maximum absolute atomic E-state index is 13.4. The zero-order valence-electron chi connectivity index (χ0n) is 14.4. The molecule has 0 aliphatic carbocycles. The minimum atomic E-state index is -2.81. The summed E-state index contributed by atoms with van der Waals surface area (Å²) in [4.78, 5) is 24.6. The molecule has 0 N–H and O–H groups in total. The molecule has 0 aliphatic heterocycles. The monoisotopic (exact) mass is 372 g/mol. The van der Waals surface area contributed by atoms with Crippen molar-refractivity contribution in [2.75, 3.05) is 0 Å². The lowest BCUT2D eigenvalue weighted by atomic mass is 10.3. The van der Waals surface area contributed by atoms with Crippen molar-refractivity contribution in [2.24, 2.45) is 0 Å². The molecule has 27 heavy (non-hydrogen) atoms. The van der Waals surface area contributed by atoms with E-state index in [1.54, 1.807) is 38.1 Å². The average Bonchev–Trinajstić information content (AvgIpc) is 3.20. The Balaban J connectivity index is 1.60. The molecular weight excluding hydrogens is 358 g/mol. The zero-order chi connectivity index (χ0) is 19.1. The maximum atomic E-state index is 13.4. The SMILES string of the molecule is Cc1cc(C)n2nc(C(=O)OCc3nc4ccccc4n3C(F)F)nc2n1. The predicted molar refractivity (Wildman–Crippen MR) is 90.4 cm³/mol. The van der Waals surface area contributed by atoms with Gasteiger partial charge in [-0.15, -0.1) is 5.10 Å². The summed E-state index contributed by atoms with van der Waals surface area (Å²) in [6.07, 6.45) is 0. The molecule has 0 fully saturated rings. The van der Waals surface area contributed by atoms with E-state index < -0.39 is 19.1 Å². The first kappa shape index (κ1) is 17.0. The van der Waals surface area contributed by atoms with Crippen LogP contribution in [-0.4, -0.2) is 35.1 Å². The number of halogens is 2. The predicted octanol–water partition coefficient (Wildman–Crippen LogP) is 2.84. The number of carbonyl (C=O) groups excluding carboxylic acids is 1. The van der Waals surface area contributed by atoms with Gasteiger partial charge in [-0.05, 0) is 32.0 Å². The number of nitrogens with zero attached hydrogens (tertiary/aromatic N) is 6. The molecule has 0 aliphatic rings. The van der Waals surface area contributed by atoms with Gasteiger partial charge in [-0.1, -0.05) is 12.1 Å². The molecule has 0 saturated carbocycles. The molecule has 0 atom stereocenters. The summed E-state index contributed by atoms with van der Waals surface area (Å²) in [6.45, 7) is 0.360. The van der Waals surface area contributed by atoms with Gasteiger partial charge in [0, 0.05) is 11.4 Å². The molecule has 0 saturated heterocycles. The van der Waals surface area contributed by atoms with Crippen molar-refractivity contribution in [3.05, 3.63) is 53.4 Å². The Labute approximate surface area is 151 Å². The van der Waals surface area contributed by atoms with Crippen LogP contribution < -0.4 is 0 Å². The van der Waals surface area contributed by atoms with E-state index in [1.165, 1.54) is 10.6 Å². The molecule has 0 unspecified atom stereocenters. The number of hydrogen-bond donors (Lipinski definition) is 0. The van der Waals surface area contributed by atoms with Gasteiger partial charge < -0.3 is 4.74 Å². The van der Waals surface area contributed by atoms with Crippen molar-refractivity contribution in [1.82, 2.24) is 29.1 Å². The second kappa shape index (κ2) is 6.38. The molecule has 4 aromatic rings. The van der Waals surface area contributed by atoms with Gasteiger partial charge in [-0.25, -0.2) is 19.3 Å². The summed E-state index contributed by atoms with van der Waals surface area (Å²) in [5, 5.41) is 4.06. The minimum absolute atomic E-state index is 0.0616. The fourth-order valence-electron chi connectivity index (χ4n) is 2.86. The highest BCUT2D eigenvalue weighted by Gasteiger charge is 2.21. The third-order valence-corrected chi connectivity index (χ3v) is 4.00. The Hall–Kier alpha value is -3.43. The number of hydrogen-bond acceptors (Lipinski definition) is 6. The zero-order valence-corrected chi connectivity index (χ0v) is 14.4. The molecule has 3 aromatic heterocycles. The van der Waals surface area contributed by atoms with Gasteiger partial charge in [-0.2, -0.15) is 13.8 Å². The number of esters is 1. The highest BCUT2D eigenvalue weighted by molar-refractivity contribution is 5.85. The molecule has 138 valence electrons. The lowest BCUT2D eigenvalue weighted by molar-refractivity contribution is 0.0376. The van der Waals surface area contributed by atoms with Crippen molar-refractivity contribution in [1.29, 1.82) is 0 Å². The Morgan fingerprint density at radius 1 is 1.19 bits per heavy atom. The number of alkyl halides is 2. The molecule has 0 radical (unpaired) electrons. The van der Waals surface area contributed by atoms with Crippen molar-refractivity contribution in [2.45, 2.75) is 27.0 Å². The summed E-state index contributed by atoms with van der Waals surface area (Å²) >= 11 is 0. The van der Waals surface area contributed by atoms with Gasteiger partial charge in [0.25, 0.3) is 11.6 Å². The number of imidazole rings is 1. The van der Waals surface area contributed by atoms with E-state index in [0.717, 1.165) is 16.0 Å². The topological polar surface area (TPSA) is 87.2 Å². The van der Waals surface area contributed by atoms with E-state index in [0.29, 0.717) is 5.52 Å². The third-order valence-electron chi connectivity index (χ3n) is 4.00. The summed E-state index contributed by atoms with van der Waals surface area (Å²) in [6, 6.07) is 8.26. The molecule has 8 nitrogen and oxygen atoms in total. The van der Waals surface area contributed by atoms with Crippen LogP contribution in [0, 0.1) is 13.8 Å². The molecule has 3 heterocycles. The Kier molecular flexibility index (Phi) is 4.02. The first-order valence-corrected chi connectivity index (χ1v) is 8.06. The highest BCUT2D eigenvalue weighted by atomic mass is 19.3. The van der Waals surface area contributed by atoms with E-state index in [2.05, 4.69) is 20.1 Å². The Morgan fingerprint density at radius 3 is 2.74 bits per heavy atom. The number of carbonyl (C=O) groups is 1. The van der Waals surface area contributed by atoms with Gasteiger partial charge in [-0.3, -0.25) is 4.57 Å². The molecule has 1 aromatic carbocycles. The lowest BCUT2D eigenvalue weighted by Crippen LogP contribution is -2.12. The van der Waals surface area contributed by atoms with Gasteiger partial charge in [0.15, 0.2) is 5.82 Å². The van der Waals surface area contributed by atoms with Crippen molar-refractivity contribution < 1.29 is 18.3 Å². The summed E-state index contributed by atoms with van der Waals surface area (Å²) in [5.74, 6) is -0.839. The van der Waals surface area contributed by atoms with Crippen LogP contribution in [0.3, 0.4) is 0 Å². The number of benzene rings is 1. The average molecular weight is 372 g/mol. The van der Waals surface area contributed by atoms with E-state index in [9.17, 15) is 13.6 Å². The fraction of sp³-hybridized carbons (Fsp3) is 0.235. The van der Waals surface area contributed by atoms with Crippen molar-refractivity contribution in [3.63, 3.8) is 0 Å². The maximum Gasteiger partial charge on any atom is 0.378 e. The normalized spacial score (nSPS) is 11.6. The molecule has 4 rings (SSSR count). The van der Waals surface area contributed by atoms with Crippen LogP contribution in [-0.2, 0) is 11.3 Å². The second-order valence-corrected chi connectivity index (χ2v) is 5.93. The van der Waals surface area contributed by atoms with Gasteiger partial charge in [0.1, 0.15) is 6.61 Å². The number of fused-ring (bicyclic) bond motifs is 2. The van der Waals surface area contributed by atoms with E-state index in [1.807, 2.05) is 0 Å². The van der Waals surface area contributed by atoms with Crippen LogP contribution in [0.1, 0.15) is 34.4 Å². The highest BCUT2D eigenvalue weighted by Crippen LogP contribution is 2.23. The lowest BCUT2D eigenvalue weighted by Gasteiger charge is -2.07. The largest absolute Gasteiger partial charge is 0.452 e. The third kappa shape index (κ3) is 2.98. The van der Waals surface area contributed by atoms with Crippen molar-refractivity contribution >= 4 is 22.8 Å². The van der Waals surface area contributed by atoms with Gasteiger partial charge in [0.2, 0.25) is 0 Å². The summed E-state index contributed by atoms with van der Waals surface area (Å²) in [7, 11) is 0. The van der Waals surface area contributed by atoms with Crippen LogP contribution in [0.4, 0.5) is 8.78 Å².